The van der Waals surface area contributed by atoms with Gasteiger partial charge in [-0.3, -0.25) is 4.31 Å². The summed E-state index contributed by atoms with van der Waals surface area (Å²) in [7, 11) is -3.60. The molecule has 2 rings (SSSR count). The van der Waals surface area contributed by atoms with Crippen LogP contribution in [-0.2, 0) is 16.4 Å². The quantitative estimate of drug-likeness (QED) is 0.852. The van der Waals surface area contributed by atoms with Gasteiger partial charge in [0.1, 0.15) is 0 Å². The molecule has 0 amide bonds. The minimum atomic E-state index is -3.60. The van der Waals surface area contributed by atoms with E-state index < -0.39 is 15.3 Å². The Morgan fingerprint density at radius 2 is 2.16 bits per heavy atom. The smallest absolute Gasteiger partial charge is 0.251 e. The molecule has 1 aliphatic heterocycles. The number of nitriles is 1. The first-order chi connectivity index (χ1) is 9.00. The summed E-state index contributed by atoms with van der Waals surface area (Å²) >= 11 is 0. The maximum absolute atomic E-state index is 12.6. The third kappa shape index (κ3) is 2.45. The van der Waals surface area contributed by atoms with Gasteiger partial charge in [0, 0.05) is 6.54 Å². The summed E-state index contributed by atoms with van der Waals surface area (Å²) in [6.07, 6.45) is 1.19. The number of sulfonamides is 1. The van der Waals surface area contributed by atoms with E-state index in [0.29, 0.717) is 13.0 Å². The molecule has 0 fully saturated rings. The van der Waals surface area contributed by atoms with E-state index in [1.807, 2.05) is 37.3 Å². The summed E-state index contributed by atoms with van der Waals surface area (Å²) in [5.41, 5.74) is 1.77. The Balaban J connectivity index is 2.49. The average molecular weight is 278 g/mol. The van der Waals surface area contributed by atoms with Crippen molar-refractivity contribution < 1.29 is 8.42 Å². The molecule has 0 aromatic heterocycles. The zero-order chi connectivity index (χ0) is 14.0. The standard InChI is InChI=1S/C14H18N2O2S/c1-3-13(9-15)19(17,18)16-10-11(2)8-12-6-4-5-7-14(12)16/h4-7,11,13H,3,8,10H2,1-2H3. The normalized spacial score (nSPS) is 20.5. The molecule has 0 N–H and O–H groups in total. The first kappa shape index (κ1) is 13.9. The molecule has 102 valence electrons. The second-order valence-corrected chi connectivity index (χ2v) is 7.08. The van der Waals surface area contributed by atoms with Crippen LogP contribution in [0.1, 0.15) is 25.8 Å². The molecule has 19 heavy (non-hydrogen) atoms. The van der Waals surface area contributed by atoms with Crippen molar-refractivity contribution in [2.75, 3.05) is 10.8 Å². The van der Waals surface area contributed by atoms with E-state index in [4.69, 9.17) is 5.26 Å². The lowest BCUT2D eigenvalue weighted by atomic mass is 9.96. The molecule has 2 unspecified atom stereocenters. The van der Waals surface area contributed by atoms with Crippen LogP contribution in [0.15, 0.2) is 24.3 Å². The molecule has 0 bridgehead atoms. The van der Waals surface area contributed by atoms with Gasteiger partial charge in [0.15, 0.2) is 5.25 Å². The fourth-order valence-corrected chi connectivity index (χ4v) is 4.29. The highest BCUT2D eigenvalue weighted by molar-refractivity contribution is 7.93. The van der Waals surface area contributed by atoms with E-state index in [-0.39, 0.29) is 5.92 Å². The van der Waals surface area contributed by atoms with Gasteiger partial charge in [-0.1, -0.05) is 32.0 Å². The van der Waals surface area contributed by atoms with Gasteiger partial charge in [-0.15, -0.1) is 0 Å². The van der Waals surface area contributed by atoms with Gasteiger partial charge >= 0.3 is 0 Å². The summed E-state index contributed by atoms with van der Waals surface area (Å²) in [5, 5.41) is 8.08. The predicted molar refractivity (Wildman–Crippen MR) is 75.3 cm³/mol. The van der Waals surface area contributed by atoms with Crippen molar-refractivity contribution in [1.82, 2.24) is 0 Å². The van der Waals surface area contributed by atoms with Crippen LogP contribution >= 0.6 is 0 Å². The SMILES string of the molecule is CCC(C#N)S(=O)(=O)N1CC(C)Cc2ccccc21. The van der Waals surface area contributed by atoms with Crippen LogP contribution in [0, 0.1) is 17.2 Å². The topological polar surface area (TPSA) is 61.2 Å². The fraction of sp³-hybridized carbons (Fsp3) is 0.500. The highest BCUT2D eigenvalue weighted by Crippen LogP contribution is 2.32. The molecular formula is C14H18N2O2S. The highest BCUT2D eigenvalue weighted by Gasteiger charge is 2.35. The zero-order valence-corrected chi connectivity index (χ0v) is 12.0. The van der Waals surface area contributed by atoms with Crippen LogP contribution in [0.3, 0.4) is 0 Å². The van der Waals surface area contributed by atoms with Crippen LogP contribution in [0.4, 0.5) is 5.69 Å². The fourth-order valence-electron chi connectivity index (χ4n) is 2.51. The average Bonchev–Trinajstić information content (AvgIpc) is 2.38. The van der Waals surface area contributed by atoms with E-state index >= 15 is 0 Å². The Morgan fingerprint density at radius 1 is 1.47 bits per heavy atom. The molecule has 1 heterocycles. The maximum Gasteiger partial charge on any atom is 0.251 e. The van der Waals surface area contributed by atoms with Crippen molar-refractivity contribution in [2.24, 2.45) is 5.92 Å². The minimum Gasteiger partial charge on any atom is -0.269 e. The number of rotatable bonds is 3. The van der Waals surface area contributed by atoms with E-state index in [2.05, 4.69) is 0 Å². The van der Waals surface area contributed by atoms with E-state index in [1.54, 1.807) is 6.92 Å². The first-order valence-electron chi connectivity index (χ1n) is 6.49. The van der Waals surface area contributed by atoms with E-state index in [1.165, 1.54) is 4.31 Å². The Hall–Kier alpha value is -1.54. The van der Waals surface area contributed by atoms with E-state index in [0.717, 1.165) is 17.7 Å². The number of nitrogens with zero attached hydrogens (tertiary/aromatic N) is 2. The largest absolute Gasteiger partial charge is 0.269 e. The third-order valence-electron chi connectivity index (χ3n) is 3.49. The molecule has 0 saturated carbocycles. The molecule has 1 aromatic carbocycles. The molecule has 1 aliphatic rings. The molecule has 0 radical (unpaired) electrons. The summed E-state index contributed by atoms with van der Waals surface area (Å²) in [6, 6.07) is 9.44. The molecular weight excluding hydrogens is 260 g/mol. The number of anilines is 1. The van der Waals surface area contributed by atoms with Crippen molar-refractivity contribution in [2.45, 2.75) is 31.9 Å². The van der Waals surface area contributed by atoms with Crippen LogP contribution < -0.4 is 4.31 Å². The van der Waals surface area contributed by atoms with Crippen molar-refractivity contribution in [1.29, 1.82) is 5.26 Å². The maximum atomic E-state index is 12.6. The van der Waals surface area contributed by atoms with Gasteiger partial charge in [-0.25, -0.2) is 8.42 Å². The molecule has 0 spiro atoms. The van der Waals surface area contributed by atoms with Crippen LogP contribution in [0.5, 0.6) is 0 Å². The number of hydrogen-bond donors (Lipinski definition) is 0. The van der Waals surface area contributed by atoms with Crippen LogP contribution in [0.2, 0.25) is 0 Å². The van der Waals surface area contributed by atoms with Crippen molar-refractivity contribution in [3.8, 4) is 6.07 Å². The zero-order valence-electron chi connectivity index (χ0n) is 11.2. The monoisotopic (exact) mass is 278 g/mol. The Kier molecular flexibility index (Phi) is 3.81. The van der Waals surface area contributed by atoms with E-state index in [9.17, 15) is 8.42 Å². The van der Waals surface area contributed by atoms with Gasteiger partial charge in [0.2, 0.25) is 0 Å². The number of hydrogen-bond acceptors (Lipinski definition) is 3. The predicted octanol–water partition coefficient (Wildman–Crippen LogP) is 2.32. The van der Waals surface area contributed by atoms with Crippen molar-refractivity contribution >= 4 is 15.7 Å². The second-order valence-electron chi connectivity index (χ2n) is 5.04. The Bertz CT molecular complexity index is 604. The lowest BCUT2D eigenvalue weighted by Crippen LogP contribution is -2.43. The van der Waals surface area contributed by atoms with Crippen molar-refractivity contribution in [3.63, 3.8) is 0 Å². The Morgan fingerprint density at radius 3 is 2.79 bits per heavy atom. The second kappa shape index (κ2) is 5.22. The lowest BCUT2D eigenvalue weighted by molar-refractivity contribution is 0.540. The molecule has 1 aromatic rings. The van der Waals surface area contributed by atoms with Gasteiger partial charge in [-0.2, -0.15) is 5.26 Å². The molecule has 2 atom stereocenters. The van der Waals surface area contributed by atoms with Gasteiger partial charge in [0.05, 0.1) is 11.8 Å². The van der Waals surface area contributed by atoms with Gasteiger partial charge in [-0.05, 0) is 30.4 Å². The highest BCUT2D eigenvalue weighted by atomic mass is 32.2. The minimum absolute atomic E-state index is 0.265. The van der Waals surface area contributed by atoms with Crippen molar-refractivity contribution in [3.05, 3.63) is 29.8 Å². The first-order valence-corrected chi connectivity index (χ1v) is 8.00. The Labute approximate surface area is 114 Å². The summed E-state index contributed by atoms with van der Waals surface area (Å²) in [5.74, 6) is 0.265. The molecule has 0 saturated heterocycles. The third-order valence-corrected chi connectivity index (χ3v) is 5.61. The molecule has 4 nitrogen and oxygen atoms in total. The molecule has 0 aliphatic carbocycles. The summed E-state index contributed by atoms with van der Waals surface area (Å²) < 4.78 is 26.5. The molecule has 5 heteroatoms. The lowest BCUT2D eigenvalue weighted by Gasteiger charge is -2.34. The van der Waals surface area contributed by atoms with Gasteiger partial charge in [0.25, 0.3) is 10.0 Å². The number of benzene rings is 1. The van der Waals surface area contributed by atoms with Gasteiger partial charge < -0.3 is 0 Å². The summed E-state index contributed by atoms with van der Waals surface area (Å²) in [6.45, 7) is 4.22. The van der Waals surface area contributed by atoms with Crippen LogP contribution in [-0.4, -0.2) is 20.2 Å². The summed E-state index contributed by atoms with van der Waals surface area (Å²) in [4.78, 5) is 0. The van der Waals surface area contributed by atoms with Crippen LogP contribution in [0.25, 0.3) is 0 Å². The number of fused-ring (bicyclic) bond motifs is 1. The number of para-hydroxylation sites is 1.